The van der Waals surface area contributed by atoms with Crippen LogP contribution < -0.4 is 0 Å². The largest absolute Gasteiger partial charge is 0.429 e. The third-order valence-corrected chi connectivity index (χ3v) is 11.2. The van der Waals surface area contributed by atoms with Crippen LogP contribution in [0.4, 0.5) is 0 Å². The van der Waals surface area contributed by atoms with E-state index in [0.29, 0.717) is 0 Å². The molecule has 384 valence electrons. The molecule has 0 aromatic heterocycles. The minimum Gasteiger partial charge on any atom is -0.429 e. The minimum atomic E-state index is -1.86. The molecule has 24 nitrogen and oxygen atoms in total. The molecule has 0 unspecified atom stereocenters. The molecule has 0 radical (unpaired) electrons. The average Bonchev–Trinajstić information content (AvgIpc) is 3.31. The van der Waals surface area contributed by atoms with Gasteiger partial charge in [0.2, 0.25) is 12.6 Å². The molecule has 4 heterocycles. The van der Waals surface area contributed by atoms with Gasteiger partial charge in [-0.25, -0.2) is 9.59 Å². The second kappa shape index (κ2) is 26.5. The molecule has 4 aliphatic rings. The van der Waals surface area contributed by atoms with Crippen LogP contribution in [0.1, 0.15) is 27.7 Å². The van der Waals surface area contributed by atoms with Gasteiger partial charge in [-0.05, 0) is 27.7 Å². The molecule has 0 amide bonds. The predicted molar refractivity (Wildman–Crippen MR) is 227 cm³/mol. The summed E-state index contributed by atoms with van der Waals surface area (Å²) in [6, 6.07) is 0. The molecular weight excluding hydrogens is 912 g/mol. The van der Waals surface area contributed by atoms with Crippen LogP contribution in [0.3, 0.4) is 0 Å². The minimum absolute atomic E-state index is 0.0726. The topological polar surface area (TPSA) is 391 Å². The highest BCUT2D eigenvalue weighted by atomic mass is 16.8. The Hall–Kier alpha value is -3.68. The van der Waals surface area contributed by atoms with Crippen molar-refractivity contribution in [3.05, 3.63) is 83.1 Å². The van der Waals surface area contributed by atoms with Crippen molar-refractivity contribution in [1.29, 1.82) is 0 Å². The fourth-order valence-corrected chi connectivity index (χ4v) is 6.84. The van der Waals surface area contributed by atoms with E-state index in [0.717, 1.165) is 11.1 Å². The summed E-state index contributed by atoms with van der Waals surface area (Å²) >= 11 is 0. The summed E-state index contributed by atoms with van der Waals surface area (Å²) in [6.07, 6.45) is -16.8. The van der Waals surface area contributed by atoms with Crippen LogP contribution in [-0.4, -0.2) is 233 Å². The van der Waals surface area contributed by atoms with Gasteiger partial charge in [0.1, 0.15) is 97.7 Å². The first-order valence-corrected chi connectivity index (χ1v) is 21.5. The van der Waals surface area contributed by atoms with Crippen molar-refractivity contribution in [2.45, 2.75) is 151 Å². The Morgan fingerprint density at radius 2 is 0.691 bits per heavy atom. The molecule has 0 aliphatic carbocycles. The lowest BCUT2D eigenvalue weighted by Crippen LogP contribution is -2.61. The number of hydrogen-bond acceptors (Lipinski definition) is 24. The van der Waals surface area contributed by atoms with Gasteiger partial charge in [-0.2, -0.15) is 0 Å². The summed E-state index contributed by atoms with van der Waals surface area (Å²) in [5.74, 6) is -1.86. The van der Waals surface area contributed by atoms with E-state index in [2.05, 4.69) is 0 Å². The number of rotatable bonds is 18. The molecule has 4 rings (SSSR count). The molecule has 68 heavy (non-hydrogen) atoms. The molecule has 4 saturated heterocycles. The number of esters is 2. The van der Waals surface area contributed by atoms with Crippen LogP contribution in [0.15, 0.2) is 83.1 Å². The molecule has 4 aliphatic heterocycles. The highest BCUT2D eigenvalue weighted by Crippen LogP contribution is 2.28. The zero-order valence-electron chi connectivity index (χ0n) is 37.5. The van der Waals surface area contributed by atoms with Gasteiger partial charge >= 0.3 is 11.9 Å². The number of carbonyl (C=O) groups excluding carboxylic acids is 2. The van der Waals surface area contributed by atoms with Gasteiger partial charge in [0.05, 0.1) is 26.4 Å². The van der Waals surface area contributed by atoms with Gasteiger partial charge in [0.25, 0.3) is 0 Å². The van der Waals surface area contributed by atoms with Crippen molar-refractivity contribution in [2.24, 2.45) is 0 Å². The zero-order chi connectivity index (χ0) is 50.6. The third-order valence-electron chi connectivity index (χ3n) is 11.2. The quantitative estimate of drug-likeness (QED) is 0.0347. The van der Waals surface area contributed by atoms with Gasteiger partial charge in [0, 0.05) is 11.1 Å². The lowest BCUT2D eigenvalue weighted by Gasteiger charge is -2.42. The predicted octanol–water partition coefficient (Wildman–Crippen LogP) is -5.23. The number of aliphatic hydroxyl groups excluding tert-OH is 14. The maximum atomic E-state index is 12.8. The Morgan fingerprint density at radius 1 is 0.397 bits per heavy atom. The summed E-state index contributed by atoms with van der Waals surface area (Å²) < 4.78 is 42.7. The van der Waals surface area contributed by atoms with Crippen LogP contribution >= 0.6 is 0 Å². The van der Waals surface area contributed by atoms with Crippen molar-refractivity contribution in [2.75, 3.05) is 26.4 Å². The van der Waals surface area contributed by atoms with E-state index in [-0.39, 0.29) is 11.1 Å². The van der Waals surface area contributed by atoms with Crippen molar-refractivity contribution in [1.82, 2.24) is 0 Å². The molecule has 0 saturated carbocycles. The van der Waals surface area contributed by atoms with Crippen LogP contribution in [-0.2, 0) is 47.5 Å². The standard InChI is InChI=1S/C44H64O24/c1-19(11-7-13-21(3)39(59)67-43-37(57)33(53)29(49)25(65-43)17-61-41-35(55)31(51)27(47)23(15-45)63-41)9-5-6-10-20(2)12-8-14-22(4)40(60)68-44-38(58)34(54)30(50)26(66-44)18-62-42-36(56)32(52)28(48)24(16-46)64-42/h5-14,23-38,41-58H,15-18H2,1-4H3/b6-5+,11-7+,12-8+,19-9+,20-10+,21-13+,22-14+/t23-,24-,25-,26+,27-,28+,29-,30+,31+,32+,33+,34-,35+,36+,37+,38+,41-,42-,43+,44-/m1/s1. The van der Waals surface area contributed by atoms with Gasteiger partial charge in [-0.1, -0.05) is 71.9 Å². The van der Waals surface area contributed by atoms with Crippen LogP contribution in [0.2, 0.25) is 0 Å². The van der Waals surface area contributed by atoms with Crippen molar-refractivity contribution < 1.29 is 119 Å². The third kappa shape index (κ3) is 14.9. The van der Waals surface area contributed by atoms with E-state index < -0.39 is 161 Å². The Balaban J connectivity index is 1.23. The lowest BCUT2D eigenvalue weighted by molar-refractivity contribution is -0.326. The summed E-state index contributed by atoms with van der Waals surface area (Å²) in [5.41, 5.74) is 1.68. The molecule has 0 aromatic carbocycles. The molecule has 0 aromatic rings. The highest BCUT2D eigenvalue weighted by Gasteiger charge is 2.50. The molecule has 24 heteroatoms. The number of hydrogen-bond donors (Lipinski definition) is 14. The lowest BCUT2D eigenvalue weighted by atomic mass is 9.98. The Bertz CT molecular complexity index is 1730. The Morgan fingerprint density at radius 3 is 1.01 bits per heavy atom. The van der Waals surface area contributed by atoms with Crippen molar-refractivity contribution in [3.8, 4) is 0 Å². The number of carbonyl (C=O) groups is 2. The summed E-state index contributed by atoms with van der Waals surface area (Å²) in [7, 11) is 0. The van der Waals surface area contributed by atoms with Gasteiger partial charge in [0.15, 0.2) is 12.6 Å². The zero-order valence-corrected chi connectivity index (χ0v) is 37.5. The van der Waals surface area contributed by atoms with E-state index >= 15 is 0 Å². The van der Waals surface area contributed by atoms with Crippen molar-refractivity contribution in [3.63, 3.8) is 0 Å². The second-order valence-electron chi connectivity index (χ2n) is 16.5. The molecule has 4 fully saturated rings. The number of aliphatic hydroxyl groups is 14. The summed E-state index contributed by atoms with van der Waals surface area (Å²) in [6.45, 7) is 3.80. The highest BCUT2D eigenvalue weighted by molar-refractivity contribution is 5.88. The fourth-order valence-electron chi connectivity index (χ4n) is 6.84. The molecule has 20 atom stereocenters. The molecule has 0 spiro atoms. The van der Waals surface area contributed by atoms with E-state index in [1.165, 1.54) is 26.0 Å². The van der Waals surface area contributed by atoms with Gasteiger partial charge in [-0.3, -0.25) is 0 Å². The van der Waals surface area contributed by atoms with Crippen LogP contribution in [0.5, 0.6) is 0 Å². The smallest absolute Gasteiger partial charge is 0.336 e. The average molecular weight is 977 g/mol. The van der Waals surface area contributed by atoms with Crippen LogP contribution in [0.25, 0.3) is 0 Å². The van der Waals surface area contributed by atoms with Gasteiger partial charge < -0.3 is 109 Å². The first kappa shape index (κ1) is 56.9. The number of allylic oxidation sites excluding steroid dienone is 12. The Labute approximate surface area is 390 Å². The second-order valence-corrected chi connectivity index (χ2v) is 16.5. The van der Waals surface area contributed by atoms with Gasteiger partial charge in [-0.15, -0.1) is 0 Å². The maximum Gasteiger partial charge on any atom is 0.336 e. The van der Waals surface area contributed by atoms with Crippen molar-refractivity contribution >= 4 is 11.9 Å². The fraction of sp³-hybridized carbons (Fsp3) is 0.636. The molecule has 14 N–H and O–H groups in total. The first-order valence-electron chi connectivity index (χ1n) is 21.5. The SMILES string of the molecule is CC(/C=C/C=C(\C)C(=O)O[C@@H]1O[C@H](CO[C@@H]2O[C@H](CO)[C@@H](O)[C@H](O)[C@@H]2O)[C@@H](O)[C@H](O)[C@@H]1O)=C\C=C\C=C(C)\C=C\C=C(/C)C(=O)O[C@H]1O[C@@H](CO[C@@H]2O[C@H](CO)[C@H](O)[C@H](O)[C@@H]2O)[C@H](O)[C@@H](O)[C@@H]1O. The molecule has 0 bridgehead atoms. The first-order chi connectivity index (χ1) is 32.1. The normalized spacial score (nSPS) is 40.3. The van der Waals surface area contributed by atoms with E-state index in [4.69, 9.17) is 37.9 Å². The maximum absolute atomic E-state index is 12.8. The summed E-state index contributed by atoms with van der Waals surface area (Å²) in [5, 5.41) is 142. The van der Waals surface area contributed by atoms with E-state index in [9.17, 15) is 81.1 Å². The monoisotopic (exact) mass is 976 g/mol. The number of ether oxygens (including phenoxy) is 8. The Kier molecular flexibility index (Phi) is 22.2. The van der Waals surface area contributed by atoms with E-state index in [1.54, 1.807) is 62.5 Å². The summed E-state index contributed by atoms with van der Waals surface area (Å²) in [4.78, 5) is 25.6. The van der Waals surface area contributed by atoms with Crippen LogP contribution in [0, 0.1) is 0 Å². The molecular formula is C44H64O24. The van der Waals surface area contributed by atoms with E-state index in [1.807, 2.05) is 0 Å².